The van der Waals surface area contributed by atoms with Crippen molar-refractivity contribution in [2.75, 3.05) is 24.6 Å². The van der Waals surface area contributed by atoms with Crippen LogP contribution in [0.25, 0.3) is 0 Å². The van der Waals surface area contributed by atoms with Gasteiger partial charge in [0.15, 0.2) is 0 Å². The molecule has 8 nitrogen and oxygen atoms in total. The van der Waals surface area contributed by atoms with Gasteiger partial charge in [0, 0.05) is 36.7 Å². The van der Waals surface area contributed by atoms with Gasteiger partial charge in [0.25, 0.3) is 0 Å². The zero-order chi connectivity index (χ0) is 26.0. The van der Waals surface area contributed by atoms with Gasteiger partial charge in [-0.3, -0.25) is 4.57 Å². The molecule has 0 spiro atoms. The summed E-state index contributed by atoms with van der Waals surface area (Å²) >= 11 is 0. The van der Waals surface area contributed by atoms with E-state index in [0.29, 0.717) is 25.5 Å². The predicted molar refractivity (Wildman–Crippen MR) is 130 cm³/mol. The fraction of sp³-hybridized carbons (Fsp3) is 0.423. The van der Waals surface area contributed by atoms with E-state index in [1.165, 1.54) is 11.8 Å². The van der Waals surface area contributed by atoms with Crippen molar-refractivity contribution in [2.45, 2.75) is 44.5 Å². The molecule has 0 radical (unpaired) electrons. The lowest BCUT2D eigenvalue weighted by Crippen LogP contribution is -2.34. The van der Waals surface area contributed by atoms with Crippen LogP contribution >= 0.6 is 0 Å². The molecule has 2 aliphatic rings. The second-order valence-electron chi connectivity index (χ2n) is 9.49. The topological polar surface area (TPSA) is 82.7 Å². The highest BCUT2D eigenvalue weighted by atomic mass is 19.4. The van der Waals surface area contributed by atoms with Crippen LogP contribution in [0.4, 0.5) is 24.7 Å². The molecule has 5 rings (SSSR count). The van der Waals surface area contributed by atoms with Gasteiger partial charge in [-0.05, 0) is 72.1 Å². The van der Waals surface area contributed by atoms with Crippen molar-refractivity contribution >= 4 is 11.5 Å². The number of piperidine rings is 1. The fourth-order valence-corrected chi connectivity index (χ4v) is 4.84. The predicted octanol–water partition coefficient (Wildman–Crippen LogP) is 5.50. The van der Waals surface area contributed by atoms with E-state index < -0.39 is 16.7 Å². The van der Waals surface area contributed by atoms with Gasteiger partial charge < -0.3 is 24.5 Å². The average Bonchev–Trinajstić information content (AvgIpc) is 3.32. The van der Waals surface area contributed by atoms with E-state index in [1.807, 2.05) is 12.1 Å². The molecule has 196 valence electrons. The number of aromatic nitrogens is 2. The van der Waals surface area contributed by atoms with Gasteiger partial charge in [-0.2, -0.15) is 13.2 Å². The molecule has 2 aromatic carbocycles. The Hall–Kier alpha value is -3.76. The summed E-state index contributed by atoms with van der Waals surface area (Å²) in [6, 6.07) is 13.6. The van der Waals surface area contributed by atoms with E-state index in [4.69, 9.17) is 9.47 Å². The Kier molecular flexibility index (Phi) is 6.94. The molecule has 2 aliphatic heterocycles. The number of ether oxygens (including phenoxy) is 2. The van der Waals surface area contributed by atoms with Crippen molar-refractivity contribution in [3.8, 4) is 11.8 Å². The number of imidazole rings is 1. The normalized spacial score (nSPS) is 18.2. The zero-order valence-electron chi connectivity index (χ0n) is 20.1. The van der Waals surface area contributed by atoms with E-state index in [1.54, 1.807) is 16.7 Å². The number of hydrogen-bond acceptors (Lipinski definition) is 6. The summed E-state index contributed by atoms with van der Waals surface area (Å²) in [5.74, 6) is 1.02. The lowest BCUT2D eigenvalue weighted by molar-refractivity contribution is -0.389. The first kappa shape index (κ1) is 24.9. The average molecular weight is 517 g/mol. The number of nitro groups is 1. The minimum absolute atomic E-state index is 0.225. The maximum Gasteiger partial charge on any atom is 0.416 e. The highest BCUT2D eigenvalue weighted by molar-refractivity contribution is 5.48. The zero-order valence-corrected chi connectivity index (χ0v) is 20.1. The van der Waals surface area contributed by atoms with Gasteiger partial charge in [0.1, 0.15) is 24.7 Å². The van der Waals surface area contributed by atoms with Gasteiger partial charge in [0.05, 0.1) is 5.56 Å². The van der Waals surface area contributed by atoms with E-state index in [2.05, 4.69) is 22.0 Å². The molecule has 1 saturated heterocycles. The van der Waals surface area contributed by atoms with Gasteiger partial charge >= 0.3 is 18.0 Å². The van der Waals surface area contributed by atoms with Crippen molar-refractivity contribution < 1.29 is 27.6 Å². The minimum atomic E-state index is -4.31. The number of alkyl halides is 3. The Morgan fingerprint density at radius 2 is 1.73 bits per heavy atom. The Bertz CT molecular complexity index is 1220. The third-order valence-corrected chi connectivity index (χ3v) is 6.94. The smallest absolute Gasteiger partial charge is 0.416 e. The SMILES string of the molecule is O=[N+]([O-])c1cn2c(n1)OC(COc1ccc(CC3CCN(c4ccc(C(F)(F)F)cc4)CC3)cc1)CC2. The van der Waals surface area contributed by atoms with Crippen LogP contribution in [0.2, 0.25) is 0 Å². The third kappa shape index (κ3) is 5.98. The van der Waals surface area contributed by atoms with Crippen molar-refractivity contribution in [3.63, 3.8) is 0 Å². The van der Waals surface area contributed by atoms with Gasteiger partial charge in [-0.25, -0.2) is 0 Å². The lowest BCUT2D eigenvalue weighted by atomic mass is 9.90. The van der Waals surface area contributed by atoms with Crippen molar-refractivity contribution in [2.24, 2.45) is 5.92 Å². The second-order valence-corrected chi connectivity index (χ2v) is 9.49. The number of benzene rings is 2. The molecule has 37 heavy (non-hydrogen) atoms. The molecule has 3 heterocycles. The Labute approximate surface area is 211 Å². The summed E-state index contributed by atoms with van der Waals surface area (Å²) in [6.07, 6.45) is 0.398. The molecule has 1 fully saturated rings. The summed E-state index contributed by atoms with van der Waals surface area (Å²) in [5.41, 5.74) is 1.42. The van der Waals surface area contributed by atoms with E-state index in [-0.39, 0.29) is 17.9 Å². The van der Waals surface area contributed by atoms with Crippen LogP contribution in [0.15, 0.2) is 54.7 Å². The van der Waals surface area contributed by atoms with Gasteiger partial charge in [-0.15, -0.1) is 0 Å². The lowest BCUT2D eigenvalue weighted by Gasteiger charge is -2.34. The maximum absolute atomic E-state index is 12.8. The van der Waals surface area contributed by atoms with Crippen LogP contribution in [-0.2, 0) is 19.1 Å². The highest BCUT2D eigenvalue weighted by Gasteiger charge is 2.31. The molecule has 0 saturated carbocycles. The number of halogens is 3. The quantitative estimate of drug-likeness (QED) is 0.305. The van der Waals surface area contributed by atoms with Crippen molar-refractivity contribution in [1.82, 2.24) is 9.55 Å². The fourth-order valence-electron chi connectivity index (χ4n) is 4.84. The maximum atomic E-state index is 12.8. The van der Waals surface area contributed by atoms with Crippen LogP contribution in [0.5, 0.6) is 11.8 Å². The van der Waals surface area contributed by atoms with E-state index in [0.717, 1.165) is 55.9 Å². The second kappa shape index (κ2) is 10.3. The number of nitrogens with zero attached hydrogens (tertiary/aromatic N) is 4. The Balaban J connectivity index is 1.07. The molecule has 1 atom stereocenters. The third-order valence-electron chi connectivity index (χ3n) is 6.94. The molecule has 0 aliphatic carbocycles. The van der Waals surface area contributed by atoms with E-state index >= 15 is 0 Å². The Morgan fingerprint density at radius 3 is 2.38 bits per heavy atom. The number of aryl methyl sites for hydroxylation is 1. The standard InChI is InChI=1S/C26H27F3N4O4/c27-26(28,29)20-3-5-21(6-4-20)31-12-9-19(10-13-31)15-18-1-7-22(8-2-18)36-17-23-11-14-32-16-24(33(34)35)30-25(32)37-23/h1-8,16,19,23H,9-15,17H2. The van der Waals surface area contributed by atoms with Crippen LogP contribution in [0.3, 0.4) is 0 Å². The molecule has 11 heteroatoms. The minimum Gasteiger partial charge on any atom is -0.490 e. The number of hydrogen-bond donors (Lipinski definition) is 0. The largest absolute Gasteiger partial charge is 0.490 e. The molecule has 1 unspecified atom stereocenters. The molecule has 3 aromatic rings. The molecule has 0 bridgehead atoms. The summed E-state index contributed by atoms with van der Waals surface area (Å²) < 4.78 is 51.6. The van der Waals surface area contributed by atoms with Gasteiger partial charge in [0.2, 0.25) is 0 Å². The molecule has 0 amide bonds. The van der Waals surface area contributed by atoms with E-state index in [9.17, 15) is 23.3 Å². The number of rotatable bonds is 7. The van der Waals surface area contributed by atoms with Crippen molar-refractivity contribution in [3.05, 3.63) is 76.0 Å². The first-order chi connectivity index (χ1) is 17.7. The van der Waals surface area contributed by atoms with Gasteiger partial charge in [-0.1, -0.05) is 12.1 Å². The molecular formula is C26H27F3N4O4. The van der Waals surface area contributed by atoms with Crippen molar-refractivity contribution in [1.29, 1.82) is 0 Å². The molecule has 0 N–H and O–H groups in total. The highest BCUT2D eigenvalue weighted by Crippen LogP contribution is 2.32. The summed E-state index contributed by atoms with van der Waals surface area (Å²) in [4.78, 5) is 16.4. The number of anilines is 1. The Morgan fingerprint density at radius 1 is 1.03 bits per heavy atom. The summed E-state index contributed by atoms with van der Waals surface area (Å²) in [5, 5.41) is 10.9. The first-order valence-electron chi connectivity index (χ1n) is 12.3. The molecular weight excluding hydrogens is 489 g/mol. The summed E-state index contributed by atoms with van der Waals surface area (Å²) in [7, 11) is 0. The number of fused-ring (bicyclic) bond motifs is 1. The van der Waals surface area contributed by atoms with Crippen LogP contribution in [0.1, 0.15) is 30.4 Å². The summed E-state index contributed by atoms with van der Waals surface area (Å²) in [6.45, 7) is 2.54. The first-order valence-corrected chi connectivity index (χ1v) is 12.3. The molecule has 1 aromatic heterocycles. The monoisotopic (exact) mass is 516 g/mol. The van der Waals surface area contributed by atoms with Crippen LogP contribution in [-0.4, -0.2) is 40.3 Å². The van der Waals surface area contributed by atoms with Crippen LogP contribution < -0.4 is 14.4 Å². The van der Waals surface area contributed by atoms with Crippen LogP contribution in [0, 0.1) is 16.0 Å².